The van der Waals surface area contributed by atoms with E-state index in [1.54, 1.807) is 23.1 Å². The van der Waals surface area contributed by atoms with Crippen molar-refractivity contribution in [1.29, 1.82) is 0 Å². The Labute approximate surface area is 117 Å². The standard InChI is InChI=1S/C14H19N3O3/c18-12-3-1-2-11(8-12)9-13(19)16-10-14(20)17-6-4-15-5-7-17/h1-3,8,15,18H,4-7,9-10H2,(H,16,19). The van der Waals surface area contributed by atoms with E-state index in [4.69, 9.17) is 0 Å². The molecule has 1 fully saturated rings. The average Bonchev–Trinajstić information content (AvgIpc) is 2.46. The van der Waals surface area contributed by atoms with Gasteiger partial charge in [-0.1, -0.05) is 12.1 Å². The molecule has 0 bridgehead atoms. The van der Waals surface area contributed by atoms with Gasteiger partial charge in [0.15, 0.2) is 0 Å². The molecular weight excluding hydrogens is 258 g/mol. The van der Waals surface area contributed by atoms with E-state index >= 15 is 0 Å². The summed E-state index contributed by atoms with van der Waals surface area (Å²) in [5.74, 6) is -0.151. The lowest BCUT2D eigenvalue weighted by Gasteiger charge is -2.27. The third-order valence-corrected chi connectivity index (χ3v) is 3.18. The molecule has 1 aliphatic heterocycles. The summed E-state index contributed by atoms with van der Waals surface area (Å²) in [6.07, 6.45) is 0.156. The summed E-state index contributed by atoms with van der Waals surface area (Å²) in [6, 6.07) is 6.54. The lowest BCUT2D eigenvalue weighted by Crippen LogP contribution is -2.49. The molecule has 1 saturated heterocycles. The van der Waals surface area contributed by atoms with Crippen LogP contribution in [0.2, 0.25) is 0 Å². The molecule has 0 aromatic heterocycles. The fourth-order valence-corrected chi connectivity index (χ4v) is 2.11. The minimum Gasteiger partial charge on any atom is -0.508 e. The van der Waals surface area contributed by atoms with Crippen LogP contribution < -0.4 is 10.6 Å². The Bertz CT molecular complexity index is 484. The summed E-state index contributed by atoms with van der Waals surface area (Å²) in [5.41, 5.74) is 0.720. The molecule has 2 amide bonds. The third kappa shape index (κ3) is 4.24. The zero-order valence-electron chi connectivity index (χ0n) is 11.3. The number of amides is 2. The molecule has 108 valence electrons. The number of hydrogen-bond acceptors (Lipinski definition) is 4. The second-order valence-electron chi connectivity index (χ2n) is 4.75. The molecule has 1 aromatic rings. The lowest BCUT2D eigenvalue weighted by molar-refractivity contribution is -0.133. The summed E-state index contributed by atoms with van der Waals surface area (Å²) in [5, 5.41) is 15.1. The van der Waals surface area contributed by atoms with Gasteiger partial charge in [0, 0.05) is 26.2 Å². The SMILES string of the molecule is O=C(Cc1cccc(O)c1)NCC(=O)N1CCNCC1. The Morgan fingerprint density at radius 3 is 2.75 bits per heavy atom. The van der Waals surface area contributed by atoms with Gasteiger partial charge in [-0.2, -0.15) is 0 Å². The van der Waals surface area contributed by atoms with E-state index in [1.807, 2.05) is 0 Å². The summed E-state index contributed by atoms with van der Waals surface area (Å²) in [7, 11) is 0. The van der Waals surface area contributed by atoms with E-state index in [2.05, 4.69) is 10.6 Å². The molecular formula is C14H19N3O3. The number of carbonyl (C=O) groups excluding carboxylic acids is 2. The summed E-state index contributed by atoms with van der Waals surface area (Å²) in [4.78, 5) is 25.3. The van der Waals surface area contributed by atoms with Gasteiger partial charge in [0.1, 0.15) is 5.75 Å². The number of nitrogens with one attached hydrogen (secondary N) is 2. The van der Waals surface area contributed by atoms with Crippen molar-refractivity contribution in [2.45, 2.75) is 6.42 Å². The van der Waals surface area contributed by atoms with Crippen molar-refractivity contribution < 1.29 is 14.7 Å². The molecule has 1 heterocycles. The van der Waals surface area contributed by atoms with Crippen molar-refractivity contribution in [2.75, 3.05) is 32.7 Å². The Morgan fingerprint density at radius 1 is 1.30 bits per heavy atom. The number of nitrogens with zero attached hydrogens (tertiary/aromatic N) is 1. The fraction of sp³-hybridized carbons (Fsp3) is 0.429. The zero-order chi connectivity index (χ0) is 14.4. The van der Waals surface area contributed by atoms with Gasteiger partial charge >= 0.3 is 0 Å². The number of phenolic OH excluding ortho intramolecular Hbond substituents is 1. The van der Waals surface area contributed by atoms with Crippen molar-refractivity contribution in [3.63, 3.8) is 0 Å². The molecule has 0 saturated carbocycles. The van der Waals surface area contributed by atoms with E-state index in [0.29, 0.717) is 13.1 Å². The van der Waals surface area contributed by atoms with Crippen LogP contribution in [-0.4, -0.2) is 54.5 Å². The highest BCUT2D eigenvalue weighted by molar-refractivity contribution is 5.85. The Balaban J connectivity index is 1.75. The molecule has 6 heteroatoms. The van der Waals surface area contributed by atoms with E-state index in [1.165, 1.54) is 6.07 Å². The summed E-state index contributed by atoms with van der Waals surface area (Å²) in [6.45, 7) is 2.98. The second kappa shape index (κ2) is 6.91. The smallest absolute Gasteiger partial charge is 0.242 e. The molecule has 1 aliphatic rings. The van der Waals surface area contributed by atoms with Gasteiger partial charge in [-0.25, -0.2) is 0 Å². The third-order valence-electron chi connectivity index (χ3n) is 3.18. The van der Waals surface area contributed by atoms with E-state index in [9.17, 15) is 14.7 Å². The molecule has 0 aliphatic carbocycles. The van der Waals surface area contributed by atoms with Gasteiger partial charge in [0.25, 0.3) is 0 Å². The predicted octanol–water partition coefficient (Wildman–Crippen LogP) is -0.517. The number of phenols is 1. The van der Waals surface area contributed by atoms with Gasteiger partial charge in [0.05, 0.1) is 13.0 Å². The first kappa shape index (κ1) is 14.3. The van der Waals surface area contributed by atoms with Crippen molar-refractivity contribution in [1.82, 2.24) is 15.5 Å². The molecule has 6 nitrogen and oxygen atoms in total. The summed E-state index contributed by atoms with van der Waals surface area (Å²) >= 11 is 0. The molecule has 1 aromatic carbocycles. The highest BCUT2D eigenvalue weighted by Crippen LogP contribution is 2.11. The van der Waals surface area contributed by atoms with Gasteiger partial charge < -0.3 is 20.6 Å². The molecule has 0 spiro atoms. The van der Waals surface area contributed by atoms with Crippen molar-refractivity contribution in [3.05, 3.63) is 29.8 Å². The molecule has 0 atom stereocenters. The van der Waals surface area contributed by atoms with Crippen LogP contribution in [0.25, 0.3) is 0 Å². The van der Waals surface area contributed by atoms with Gasteiger partial charge in [-0.15, -0.1) is 0 Å². The lowest BCUT2D eigenvalue weighted by atomic mass is 10.1. The molecule has 3 N–H and O–H groups in total. The highest BCUT2D eigenvalue weighted by Gasteiger charge is 2.16. The minimum atomic E-state index is -0.223. The first-order valence-corrected chi connectivity index (χ1v) is 6.68. The topological polar surface area (TPSA) is 81.7 Å². The largest absolute Gasteiger partial charge is 0.508 e. The van der Waals surface area contributed by atoms with Crippen LogP contribution in [-0.2, 0) is 16.0 Å². The molecule has 2 rings (SSSR count). The number of hydrogen-bond donors (Lipinski definition) is 3. The Hall–Kier alpha value is -2.08. The van der Waals surface area contributed by atoms with Crippen molar-refractivity contribution in [2.24, 2.45) is 0 Å². The van der Waals surface area contributed by atoms with Crippen LogP contribution in [0.15, 0.2) is 24.3 Å². The maximum Gasteiger partial charge on any atom is 0.242 e. The molecule has 20 heavy (non-hydrogen) atoms. The highest BCUT2D eigenvalue weighted by atomic mass is 16.3. The van der Waals surface area contributed by atoms with Crippen LogP contribution >= 0.6 is 0 Å². The maximum absolute atomic E-state index is 11.9. The monoisotopic (exact) mass is 277 g/mol. The van der Waals surface area contributed by atoms with Crippen LogP contribution in [0.3, 0.4) is 0 Å². The quantitative estimate of drug-likeness (QED) is 0.692. The second-order valence-corrected chi connectivity index (χ2v) is 4.75. The van der Waals surface area contributed by atoms with Crippen LogP contribution in [0.4, 0.5) is 0 Å². The average molecular weight is 277 g/mol. The first-order chi connectivity index (χ1) is 9.65. The van der Waals surface area contributed by atoms with Gasteiger partial charge in [-0.05, 0) is 17.7 Å². The van der Waals surface area contributed by atoms with Crippen LogP contribution in [0, 0.1) is 0 Å². The first-order valence-electron chi connectivity index (χ1n) is 6.68. The number of benzene rings is 1. The van der Waals surface area contributed by atoms with Crippen molar-refractivity contribution in [3.8, 4) is 5.75 Å². The van der Waals surface area contributed by atoms with Gasteiger partial charge in [0.2, 0.25) is 11.8 Å². The van der Waals surface area contributed by atoms with Gasteiger partial charge in [-0.3, -0.25) is 9.59 Å². The number of carbonyl (C=O) groups is 2. The Morgan fingerprint density at radius 2 is 2.05 bits per heavy atom. The molecule has 0 unspecified atom stereocenters. The van der Waals surface area contributed by atoms with E-state index in [0.717, 1.165) is 18.7 Å². The maximum atomic E-state index is 11.9. The number of rotatable bonds is 4. The normalized spacial score (nSPS) is 14.9. The minimum absolute atomic E-state index is 0.0254. The number of piperazine rings is 1. The Kier molecular flexibility index (Phi) is 4.95. The van der Waals surface area contributed by atoms with Crippen LogP contribution in [0.5, 0.6) is 5.75 Å². The molecule has 0 radical (unpaired) electrons. The summed E-state index contributed by atoms with van der Waals surface area (Å²) < 4.78 is 0. The number of aromatic hydroxyl groups is 1. The van der Waals surface area contributed by atoms with E-state index in [-0.39, 0.29) is 30.5 Å². The zero-order valence-corrected chi connectivity index (χ0v) is 11.3. The predicted molar refractivity (Wildman–Crippen MR) is 74.3 cm³/mol. The fourth-order valence-electron chi connectivity index (χ4n) is 2.11. The van der Waals surface area contributed by atoms with Crippen LogP contribution in [0.1, 0.15) is 5.56 Å². The van der Waals surface area contributed by atoms with E-state index < -0.39 is 0 Å². The van der Waals surface area contributed by atoms with Crippen molar-refractivity contribution >= 4 is 11.8 Å².